The summed E-state index contributed by atoms with van der Waals surface area (Å²) in [4.78, 5) is 10.4. The van der Waals surface area contributed by atoms with Gasteiger partial charge in [0.1, 0.15) is 6.10 Å². The molecule has 0 spiro atoms. The Labute approximate surface area is 77.4 Å². The predicted octanol–water partition coefficient (Wildman–Crippen LogP) is 2.24. The van der Waals surface area contributed by atoms with Crippen molar-refractivity contribution in [3.05, 3.63) is 19.1 Å². The highest BCUT2D eigenvalue weighted by molar-refractivity contribution is 5.57. The Morgan fingerprint density at radius 3 is 2.92 bits per heavy atom. The number of fused-ring (bicyclic) bond motifs is 2. The molecule has 13 heavy (non-hydrogen) atoms. The molecule has 2 rings (SSSR count). The molecule has 0 aliphatic heterocycles. The van der Waals surface area contributed by atoms with E-state index in [1.54, 1.807) is 0 Å². The molecule has 3 heteroatoms. The molecule has 0 amide bonds. The molecule has 2 aliphatic carbocycles. The minimum absolute atomic E-state index is 0.0942. The maximum atomic E-state index is 10.4. The standard InChI is InChI=1S/C10H13O3/c1-7(13-9(11)12)10-4-2-8(6-10)3-5-10/h2,4,7-8H,1,3,5-6H2,(H,11,12). The van der Waals surface area contributed by atoms with Crippen LogP contribution in [-0.4, -0.2) is 17.4 Å². The van der Waals surface area contributed by atoms with Crippen LogP contribution in [0.25, 0.3) is 0 Å². The maximum Gasteiger partial charge on any atom is 0.506 e. The van der Waals surface area contributed by atoms with Crippen molar-refractivity contribution in [2.45, 2.75) is 25.4 Å². The Balaban J connectivity index is 2.07. The van der Waals surface area contributed by atoms with Gasteiger partial charge in [-0.05, 0) is 32.1 Å². The quantitative estimate of drug-likeness (QED) is 0.525. The normalized spacial score (nSPS) is 37.8. The van der Waals surface area contributed by atoms with E-state index in [-0.39, 0.29) is 5.41 Å². The molecule has 0 aromatic carbocycles. The largest absolute Gasteiger partial charge is 0.506 e. The summed E-state index contributed by atoms with van der Waals surface area (Å²) in [5.74, 6) is 0.627. The topological polar surface area (TPSA) is 46.5 Å². The number of hydrogen-bond donors (Lipinski definition) is 1. The zero-order chi connectivity index (χ0) is 9.47. The van der Waals surface area contributed by atoms with E-state index in [1.165, 1.54) is 0 Å². The average molecular weight is 181 g/mol. The summed E-state index contributed by atoms with van der Waals surface area (Å²) >= 11 is 0. The van der Waals surface area contributed by atoms with E-state index in [0.717, 1.165) is 19.3 Å². The fourth-order valence-electron chi connectivity index (χ4n) is 2.43. The third-order valence-electron chi connectivity index (χ3n) is 3.21. The summed E-state index contributed by atoms with van der Waals surface area (Å²) in [6, 6.07) is 0. The van der Waals surface area contributed by atoms with E-state index < -0.39 is 12.3 Å². The first-order valence-corrected chi connectivity index (χ1v) is 4.54. The smallest absolute Gasteiger partial charge is 0.450 e. The molecule has 3 atom stereocenters. The fraction of sp³-hybridized carbons (Fsp3) is 0.600. The lowest BCUT2D eigenvalue weighted by molar-refractivity contribution is 0.0254. The molecule has 3 unspecified atom stereocenters. The van der Waals surface area contributed by atoms with Crippen molar-refractivity contribution < 1.29 is 14.6 Å². The van der Waals surface area contributed by atoms with Crippen LogP contribution in [0.3, 0.4) is 0 Å². The molecular weight excluding hydrogens is 168 g/mol. The Kier molecular flexibility index (Phi) is 1.82. The average Bonchev–Trinajstić information content (AvgIpc) is 2.62. The van der Waals surface area contributed by atoms with Crippen molar-refractivity contribution in [2.24, 2.45) is 11.3 Å². The van der Waals surface area contributed by atoms with Gasteiger partial charge in [0.05, 0.1) is 0 Å². The molecule has 1 saturated carbocycles. The van der Waals surface area contributed by atoms with Gasteiger partial charge in [-0.3, -0.25) is 0 Å². The van der Waals surface area contributed by atoms with Gasteiger partial charge in [0, 0.05) is 5.41 Å². The highest BCUT2D eigenvalue weighted by Gasteiger charge is 2.46. The number of carbonyl (C=O) groups is 1. The van der Waals surface area contributed by atoms with Crippen LogP contribution in [0, 0.1) is 18.3 Å². The Bertz CT molecular complexity index is 259. The van der Waals surface area contributed by atoms with E-state index in [2.05, 4.69) is 19.1 Å². The van der Waals surface area contributed by atoms with Crippen LogP contribution in [0.4, 0.5) is 4.79 Å². The molecule has 1 radical (unpaired) electrons. The van der Waals surface area contributed by atoms with Crippen LogP contribution in [0.2, 0.25) is 0 Å². The summed E-state index contributed by atoms with van der Waals surface area (Å²) in [5.41, 5.74) is -0.0942. The number of carboxylic acid groups (broad SMARTS) is 1. The summed E-state index contributed by atoms with van der Waals surface area (Å²) in [7, 11) is 0. The molecule has 2 bridgehead atoms. The monoisotopic (exact) mass is 181 g/mol. The number of ether oxygens (including phenoxy) is 1. The highest BCUT2D eigenvalue weighted by atomic mass is 16.7. The Morgan fingerprint density at radius 1 is 1.77 bits per heavy atom. The van der Waals surface area contributed by atoms with Crippen molar-refractivity contribution >= 4 is 6.16 Å². The summed E-state index contributed by atoms with van der Waals surface area (Å²) in [6.45, 7) is 3.78. The van der Waals surface area contributed by atoms with Crippen molar-refractivity contribution in [3.63, 3.8) is 0 Å². The Morgan fingerprint density at radius 2 is 2.54 bits per heavy atom. The zero-order valence-corrected chi connectivity index (χ0v) is 7.40. The predicted molar refractivity (Wildman–Crippen MR) is 47.2 cm³/mol. The molecule has 0 saturated heterocycles. The van der Waals surface area contributed by atoms with Crippen molar-refractivity contribution in [2.75, 3.05) is 0 Å². The van der Waals surface area contributed by atoms with E-state index in [4.69, 9.17) is 9.84 Å². The first-order chi connectivity index (χ1) is 6.12. The van der Waals surface area contributed by atoms with Crippen molar-refractivity contribution in [1.29, 1.82) is 0 Å². The minimum Gasteiger partial charge on any atom is -0.450 e. The second kappa shape index (κ2) is 2.76. The lowest BCUT2D eigenvalue weighted by Crippen LogP contribution is -2.31. The van der Waals surface area contributed by atoms with Crippen LogP contribution < -0.4 is 0 Å². The van der Waals surface area contributed by atoms with Crippen LogP contribution in [0.15, 0.2) is 12.2 Å². The van der Waals surface area contributed by atoms with Gasteiger partial charge in [0.25, 0.3) is 0 Å². The van der Waals surface area contributed by atoms with Crippen LogP contribution >= 0.6 is 0 Å². The minimum atomic E-state index is -1.22. The molecule has 71 valence electrons. The zero-order valence-electron chi connectivity index (χ0n) is 7.40. The van der Waals surface area contributed by atoms with Crippen LogP contribution in [-0.2, 0) is 4.74 Å². The van der Waals surface area contributed by atoms with Gasteiger partial charge in [-0.2, -0.15) is 0 Å². The molecule has 0 aromatic heterocycles. The summed E-state index contributed by atoms with van der Waals surface area (Å²) in [6.07, 6.45) is 5.73. The van der Waals surface area contributed by atoms with Gasteiger partial charge in [0.2, 0.25) is 0 Å². The molecule has 2 aliphatic rings. The van der Waals surface area contributed by atoms with Gasteiger partial charge < -0.3 is 9.84 Å². The number of allylic oxidation sites excluding steroid dienone is 1. The first kappa shape index (κ1) is 8.60. The SMILES string of the molecule is [CH2]C(OC(=O)O)C12C=CC(CC1)C2. The van der Waals surface area contributed by atoms with Crippen LogP contribution in [0.1, 0.15) is 19.3 Å². The van der Waals surface area contributed by atoms with Crippen molar-refractivity contribution in [1.82, 2.24) is 0 Å². The van der Waals surface area contributed by atoms with E-state index in [1.807, 2.05) is 0 Å². The van der Waals surface area contributed by atoms with E-state index >= 15 is 0 Å². The molecule has 1 N–H and O–H groups in total. The maximum absolute atomic E-state index is 10.4. The van der Waals surface area contributed by atoms with Gasteiger partial charge in [-0.25, -0.2) is 4.79 Å². The van der Waals surface area contributed by atoms with Crippen LogP contribution in [0.5, 0.6) is 0 Å². The Hall–Kier alpha value is -0.990. The first-order valence-electron chi connectivity index (χ1n) is 4.54. The number of rotatable bonds is 2. The molecule has 0 heterocycles. The summed E-state index contributed by atoms with van der Waals surface area (Å²) < 4.78 is 4.71. The summed E-state index contributed by atoms with van der Waals surface area (Å²) in [5, 5.41) is 8.48. The number of hydrogen-bond acceptors (Lipinski definition) is 2. The van der Waals surface area contributed by atoms with E-state index in [0.29, 0.717) is 5.92 Å². The van der Waals surface area contributed by atoms with Crippen molar-refractivity contribution in [3.8, 4) is 0 Å². The molecule has 0 aromatic rings. The second-order valence-electron chi connectivity index (χ2n) is 3.97. The van der Waals surface area contributed by atoms with E-state index in [9.17, 15) is 4.79 Å². The lowest BCUT2D eigenvalue weighted by atomic mass is 9.82. The molecular formula is C10H13O3. The van der Waals surface area contributed by atoms with Gasteiger partial charge in [-0.1, -0.05) is 12.2 Å². The lowest BCUT2D eigenvalue weighted by Gasteiger charge is -2.29. The molecule has 3 nitrogen and oxygen atoms in total. The van der Waals surface area contributed by atoms with Gasteiger partial charge in [-0.15, -0.1) is 0 Å². The fourth-order valence-corrected chi connectivity index (χ4v) is 2.43. The molecule has 1 fully saturated rings. The van der Waals surface area contributed by atoms with Gasteiger partial charge in [0.15, 0.2) is 0 Å². The second-order valence-corrected chi connectivity index (χ2v) is 3.97. The third-order valence-corrected chi connectivity index (χ3v) is 3.21. The third kappa shape index (κ3) is 1.32. The van der Waals surface area contributed by atoms with Gasteiger partial charge >= 0.3 is 6.16 Å². The highest BCUT2D eigenvalue weighted by Crippen LogP contribution is 2.51.